The van der Waals surface area contributed by atoms with Crippen molar-refractivity contribution in [2.45, 2.75) is 79.1 Å². The number of unbranched alkanes of at least 4 members (excludes halogenated alkanes) is 4. The van der Waals surface area contributed by atoms with Gasteiger partial charge in [-0.25, -0.2) is 0 Å². The summed E-state index contributed by atoms with van der Waals surface area (Å²) in [5.74, 6) is 0. The summed E-state index contributed by atoms with van der Waals surface area (Å²) in [5.41, 5.74) is 0. The minimum Gasteiger partial charge on any atom is 4.00 e. The van der Waals surface area contributed by atoms with Gasteiger partial charge in [-0.15, -0.1) is 0 Å². The third-order valence-corrected chi connectivity index (χ3v) is 5.62. The van der Waals surface area contributed by atoms with Crippen molar-refractivity contribution in [1.82, 2.24) is 0 Å². The molecule has 17 heteroatoms. The summed E-state index contributed by atoms with van der Waals surface area (Å²) >= 11 is -13.7. The van der Waals surface area contributed by atoms with Gasteiger partial charge in [0.15, 0.2) is 0 Å². The third-order valence-electron chi connectivity index (χ3n) is 2.87. The number of rotatable bonds is 16. The molecule has 12 nitrogen and oxygen atoms in total. The van der Waals surface area contributed by atoms with Crippen LogP contribution >= 0.6 is 0 Å². The molecule has 0 aliphatic heterocycles. The van der Waals surface area contributed by atoms with Gasteiger partial charge < -0.3 is 0 Å². The van der Waals surface area contributed by atoms with Crippen LogP contribution in [0.1, 0.15) is 79.1 Å². The molecule has 0 spiro atoms. The van der Waals surface area contributed by atoms with E-state index in [0.29, 0.717) is 26.4 Å². The van der Waals surface area contributed by atoms with Crippen LogP contribution in [0.25, 0.3) is 0 Å². The van der Waals surface area contributed by atoms with Gasteiger partial charge in [0.05, 0.1) is 0 Å². The van der Waals surface area contributed by atoms with Crippen LogP contribution < -0.4 is 14.8 Å². The Labute approximate surface area is 240 Å². The summed E-state index contributed by atoms with van der Waals surface area (Å²) < 4.78 is 95.7. The zero-order valence-electron chi connectivity index (χ0n) is 19.9. The van der Waals surface area contributed by atoms with Crippen LogP contribution in [0.5, 0.6) is 0 Å². The van der Waals surface area contributed by atoms with Crippen molar-refractivity contribution in [3.8, 4) is 0 Å². The molecule has 0 saturated heterocycles. The second kappa shape index (κ2) is 41.6. The molecule has 0 aromatic carbocycles. The van der Waals surface area contributed by atoms with Crippen LogP contribution in [-0.4, -0.2) is 26.4 Å². The fraction of sp³-hybridized carbons (Fsp3) is 1.00. The van der Waals surface area contributed by atoms with Gasteiger partial charge in [-0.3, -0.25) is 0 Å². The molecule has 0 saturated carbocycles. The van der Waals surface area contributed by atoms with Crippen molar-refractivity contribution in [2.24, 2.45) is 0 Å². The standard InChI is InChI=1S/4C4H9O.8O.5Ti/c4*1-2-3-4-5;;;;;;;;;;;;;/h4*2-4H2,1H3;;;;;;;;;;;;;/q4*-1;;;;;4*-1;4*+1;+4. The van der Waals surface area contributed by atoms with E-state index in [9.17, 15) is 28.1 Å². The Morgan fingerprint density at radius 3 is 0.697 bits per heavy atom. The van der Waals surface area contributed by atoms with Crippen LogP contribution in [0.15, 0.2) is 0 Å². The first-order valence-electron chi connectivity index (χ1n) is 10.4. The second-order valence-electron chi connectivity index (χ2n) is 5.81. The molecule has 0 amide bonds. The molecule has 33 heavy (non-hydrogen) atoms. The zero-order chi connectivity index (χ0) is 25.6. The summed E-state index contributed by atoms with van der Waals surface area (Å²) in [6.45, 7) is 9.43. The molecule has 0 atom stereocenters. The SMILES string of the molecule is CCCC[O][Ti](=[O])[O-].CCCC[O][Ti](=[O])[O-].CCCC[O][Ti](=[O])[O-].CCCC[O][Ti](=[O])[O-].[Ti+4]. The van der Waals surface area contributed by atoms with Crippen molar-refractivity contribution in [1.29, 1.82) is 0 Å². The van der Waals surface area contributed by atoms with Crippen LogP contribution in [0.2, 0.25) is 0 Å². The molecule has 0 heterocycles. The molecular formula is C16H36O12Ti5. The molecule has 0 bridgehead atoms. The maximum absolute atomic E-state index is 9.79. The van der Waals surface area contributed by atoms with Gasteiger partial charge in [-0.2, -0.15) is 0 Å². The molecular weight excluding hydrogens is 623 g/mol. The molecule has 0 aromatic heterocycles. The van der Waals surface area contributed by atoms with Gasteiger partial charge in [0.25, 0.3) is 0 Å². The van der Waals surface area contributed by atoms with E-state index in [1.54, 1.807) is 0 Å². The Hall–Kier alpha value is 2.45. The summed E-state index contributed by atoms with van der Waals surface area (Å²) in [7, 11) is 0. The van der Waals surface area contributed by atoms with E-state index in [2.05, 4.69) is 13.3 Å². The van der Waals surface area contributed by atoms with Crippen molar-refractivity contribution in [2.75, 3.05) is 26.4 Å². The van der Waals surface area contributed by atoms with Gasteiger partial charge in [-0.05, 0) is 0 Å². The summed E-state index contributed by atoms with van der Waals surface area (Å²) in [5, 5.41) is 0. The predicted molar refractivity (Wildman–Crippen MR) is 86.2 cm³/mol. The van der Waals surface area contributed by atoms with Gasteiger partial charge in [0.2, 0.25) is 0 Å². The predicted octanol–water partition coefficient (Wildman–Crippen LogP) is -0.174. The number of hydrogen-bond acceptors (Lipinski definition) is 12. The molecule has 0 radical (unpaired) electrons. The molecule has 0 aliphatic carbocycles. The zero-order valence-corrected chi connectivity index (χ0v) is 27.7. The average Bonchev–Trinajstić information content (AvgIpc) is 2.69. The molecule has 0 N–H and O–H groups in total. The van der Waals surface area contributed by atoms with Crippen molar-refractivity contribution >= 4 is 0 Å². The van der Waals surface area contributed by atoms with Crippen LogP contribution in [0, 0.1) is 0 Å². The third kappa shape index (κ3) is 72.0. The fourth-order valence-corrected chi connectivity index (χ4v) is 3.14. The maximum atomic E-state index is 9.79. The molecule has 0 unspecified atom stereocenters. The summed E-state index contributed by atoms with van der Waals surface area (Å²) in [4.78, 5) is 0. The minimum atomic E-state index is -3.42. The quantitative estimate of drug-likeness (QED) is 0.157. The van der Waals surface area contributed by atoms with E-state index in [0.717, 1.165) is 51.4 Å². The smallest absolute Gasteiger partial charge is 4.00 e. The fourth-order valence-electron chi connectivity index (χ4n) is 1.20. The van der Waals surface area contributed by atoms with E-state index in [1.807, 2.05) is 27.7 Å². The summed E-state index contributed by atoms with van der Waals surface area (Å²) in [6.07, 6.45) is 7.25. The average molecular weight is 660 g/mol. The van der Waals surface area contributed by atoms with Gasteiger partial charge in [0.1, 0.15) is 0 Å². The molecule has 0 aromatic rings. The maximum Gasteiger partial charge on any atom is 4.00 e. The first-order chi connectivity index (χ1) is 15.1. The Kier molecular flexibility index (Phi) is 57.2. The Balaban J connectivity index is -0.000000105. The van der Waals surface area contributed by atoms with E-state index >= 15 is 0 Å². The normalized spacial score (nSPS) is 8.97. The number of hydrogen-bond donors (Lipinski definition) is 0. The second-order valence-corrected chi connectivity index (χ2v) is 10.7. The largest absolute Gasteiger partial charge is 4.00 e. The van der Waals surface area contributed by atoms with Crippen molar-refractivity contribution < 1.29 is 138 Å². The van der Waals surface area contributed by atoms with E-state index in [4.69, 9.17) is 0 Å². The molecule has 192 valence electrons. The molecule has 0 rings (SSSR count). The van der Waals surface area contributed by atoms with Gasteiger partial charge in [0, 0.05) is 0 Å². The van der Waals surface area contributed by atoms with Gasteiger partial charge in [-0.1, -0.05) is 0 Å². The van der Waals surface area contributed by atoms with Crippen LogP contribution in [0.4, 0.5) is 0 Å². The van der Waals surface area contributed by atoms with E-state index in [1.165, 1.54) is 0 Å². The topological polar surface area (TPSA) is 197 Å². The van der Waals surface area contributed by atoms with Gasteiger partial charge >= 0.3 is 243 Å². The molecule has 0 fully saturated rings. The monoisotopic (exact) mass is 660 g/mol. The Bertz CT molecular complexity index is 378. The Morgan fingerprint density at radius 2 is 0.606 bits per heavy atom. The van der Waals surface area contributed by atoms with E-state index < -0.39 is 74.5 Å². The van der Waals surface area contributed by atoms with Crippen LogP contribution in [0.3, 0.4) is 0 Å². The minimum absolute atomic E-state index is 0. The first-order valence-corrected chi connectivity index (χ1v) is 18.1. The first kappa shape index (κ1) is 45.4. The Morgan fingerprint density at radius 1 is 0.455 bits per heavy atom. The van der Waals surface area contributed by atoms with Crippen LogP contribution in [-0.2, 0) is 123 Å². The molecule has 0 aliphatic rings. The summed E-state index contributed by atoms with van der Waals surface area (Å²) in [6, 6.07) is 0. The van der Waals surface area contributed by atoms with E-state index in [-0.39, 0.29) is 21.7 Å². The van der Waals surface area contributed by atoms with Crippen molar-refractivity contribution in [3.63, 3.8) is 0 Å². The van der Waals surface area contributed by atoms with Crippen molar-refractivity contribution in [3.05, 3.63) is 0 Å².